The van der Waals surface area contributed by atoms with Crippen LogP contribution in [0.15, 0.2) is 12.3 Å². The highest BCUT2D eigenvalue weighted by molar-refractivity contribution is 5.10. The van der Waals surface area contributed by atoms with Gasteiger partial charge < -0.3 is 10.1 Å². The summed E-state index contributed by atoms with van der Waals surface area (Å²) in [5.74, 6) is 0.568. The summed E-state index contributed by atoms with van der Waals surface area (Å²) in [5.41, 5.74) is 1.31. The lowest BCUT2D eigenvalue weighted by Gasteiger charge is -2.28. The number of aryl methyl sites for hydroxylation is 1. The van der Waals surface area contributed by atoms with Crippen LogP contribution in [0.25, 0.3) is 0 Å². The molecule has 4 heteroatoms. The zero-order chi connectivity index (χ0) is 13.7. The van der Waals surface area contributed by atoms with Crippen molar-refractivity contribution in [3.63, 3.8) is 0 Å². The zero-order valence-corrected chi connectivity index (χ0v) is 12.4. The van der Waals surface area contributed by atoms with E-state index in [9.17, 15) is 0 Å². The highest BCUT2D eigenvalue weighted by atomic mass is 16.5. The Morgan fingerprint density at radius 2 is 2.32 bits per heavy atom. The predicted molar refractivity (Wildman–Crippen MR) is 77.1 cm³/mol. The quantitative estimate of drug-likeness (QED) is 0.824. The molecule has 1 N–H and O–H groups in total. The molecule has 4 nitrogen and oxygen atoms in total. The van der Waals surface area contributed by atoms with E-state index >= 15 is 0 Å². The van der Waals surface area contributed by atoms with Crippen molar-refractivity contribution >= 4 is 0 Å². The SMILES string of the molecule is CCCNC(c1ccnn1CC)C1CCOC1CC. The average Bonchev–Trinajstić information content (AvgIpc) is 3.07. The number of nitrogens with zero attached hydrogens (tertiary/aromatic N) is 2. The maximum atomic E-state index is 5.88. The van der Waals surface area contributed by atoms with Crippen LogP contribution < -0.4 is 5.32 Å². The molecule has 2 heterocycles. The first kappa shape index (κ1) is 14.5. The second-order valence-corrected chi connectivity index (χ2v) is 5.27. The maximum absolute atomic E-state index is 5.88. The molecular formula is C15H27N3O. The number of ether oxygens (including phenoxy) is 1. The Balaban J connectivity index is 2.20. The molecule has 19 heavy (non-hydrogen) atoms. The van der Waals surface area contributed by atoms with Crippen LogP contribution in [0, 0.1) is 5.92 Å². The van der Waals surface area contributed by atoms with E-state index < -0.39 is 0 Å². The molecule has 1 aliphatic heterocycles. The number of nitrogens with one attached hydrogen (secondary N) is 1. The van der Waals surface area contributed by atoms with Crippen molar-refractivity contribution in [2.24, 2.45) is 5.92 Å². The molecule has 0 amide bonds. The molecule has 3 unspecified atom stereocenters. The lowest BCUT2D eigenvalue weighted by molar-refractivity contribution is 0.0764. The molecule has 2 rings (SSSR count). The summed E-state index contributed by atoms with van der Waals surface area (Å²) in [6.07, 6.45) is 5.69. The molecule has 0 radical (unpaired) electrons. The fraction of sp³-hybridized carbons (Fsp3) is 0.800. The van der Waals surface area contributed by atoms with E-state index in [4.69, 9.17) is 4.74 Å². The third-order valence-electron chi connectivity index (χ3n) is 4.07. The van der Waals surface area contributed by atoms with E-state index in [2.05, 4.69) is 41.9 Å². The largest absolute Gasteiger partial charge is 0.378 e. The second-order valence-electron chi connectivity index (χ2n) is 5.27. The van der Waals surface area contributed by atoms with Crippen LogP contribution in [0.3, 0.4) is 0 Å². The Labute approximate surface area is 116 Å². The van der Waals surface area contributed by atoms with Gasteiger partial charge in [0.05, 0.1) is 17.8 Å². The van der Waals surface area contributed by atoms with Crippen LogP contribution >= 0.6 is 0 Å². The fourth-order valence-electron chi connectivity index (χ4n) is 3.11. The Morgan fingerprint density at radius 1 is 1.47 bits per heavy atom. The van der Waals surface area contributed by atoms with Gasteiger partial charge in [0.1, 0.15) is 0 Å². The average molecular weight is 265 g/mol. The Hall–Kier alpha value is -0.870. The van der Waals surface area contributed by atoms with Gasteiger partial charge in [0.15, 0.2) is 0 Å². The third-order valence-corrected chi connectivity index (χ3v) is 4.07. The Morgan fingerprint density at radius 3 is 3.00 bits per heavy atom. The number of aromatic nitrogens is 2. The summed E-state index contributed by atoms with van der Waals surface area (Å²) in [4.78, 5) is 0. The third kappa shape index (κ3) is 3.18. The molecule has 0 aromatic carbocycles. The van der Waals surface area contributed by atoms with Gasteiger partial charge in [-0.25, -0.2) is 0 Å². The van der Waals surface area contributed by atoms with E-state index in [-0.39, 0.29) is 0 Å². The van der Waals surface area contributed by atoms with Gasteiger partial charge in [-0.1, -0.05) is 13.8 Å². The Bertz CT molecular complexity index is 377. The van der Waals surface area contributed by atoms with Gasteiger partial charge in [0.25, 0.3) is 0 Å². The maximum Gasteiger partial charge on any atom is 0.0620 e. The molecule has 1 aromatic rings. The molecular weight excluding hydrogens is 238 g/mol. The van der Waals surface area contributed by atoms with Crippen LogP contribution in [-0.4, -0.2) is 29.0 Å². The highest BCUT2D eigenvalue weighted by Crippen LogP contribution is 2.34. The van der Waals surface area contributed by atoms with Gasteiger partial charge in [-0.15, -0.1) is 0 Å². The minimum Gasteiger partial charge on any atom is -0.378 e. The van der Waals surface area contributed by atoms with E-state index in [0.717, 1.165) is 39.0 Å². The topological polar surface area (TPSA) is 39.1 Å². The van der Waals surface area contributed by atoms with Crippen LogP contribution in [0.2, 0.25) is 0 Å². The molecule has 0 aliphatic carbocycles. The molecule has 1 saturated heterocycles. The van der Waals surface area contributed by atoms with E-state index in [1.54, 1.807) is 0 Å². The van der Waals surface area contributed by atoms with Crippen molar-refractivity contribution in [1.82, 2.24) is 15.1 Å². The molecule has 0 saturated carbocycles. The summed E-state index contributed by atoms with van der Waals surface area (Å²) in [7, 11) is 0. The summed E-state index contributed by atoms with van der Waals surface area (Å²) >= 11 is 0. The summed E-state index contributed by atoms with van der Waals surface area (Å²) in [6, 6.07) is 2.52. The monoisotopic (exact) mass is 265 g/mol. The smallest absolute Gasteiger partial charge is 0.0620 e. The van der Waals surface area contributed by atoms with Crippen molar-refractivity contribution in [2.75, 3.05) is 13.2 Å². The fourth-order valence-corrected chi connectivity index (χ4v) is 3.11. The van der Waals surface area contributed by atoms with Crippen molar-refractivity contribution in [1.29, 1.82) is 0 Å². The van der Waals surface area contributed by atoms with Crippen LogP contribution in [-0.2, 0) is 11.3 Å². The molecule has 108 valence electrons. The van der Waals surface area contributed by atoms with Gasteiger partial charge in [-0.05, 0) is 38.8 Å². The van der Waals surface area contributed by atoms with Crippen LogP contribution in [0.1, 0.15) is 51.8 Å². The van der Waals surface area contributed by atoms with E-state index in [0.29, 0.717) is 18.1 Å². The first-order valence-electron chi connectivity index (χ1n) is 7.68. The molecule has 1 fully saturated rings. The highest BCUT2D eigenvalue weighted by Gasteiger charge is 2.35. The standard InChI is InChI=1S/C15H27N3O/c1-4-9-16-15(12-8-11-19-14(12)5-2)13-7-10-17-18(13)6-3/h7,10,12,14-16H,4-6,8-9,11H2,1-3H3. The van der Waals surface area contributed by atoms with Gasteiger partial charge >= 0.3 is 0 Å². The Kier molecular flexibility index (Phi) is 5.40. The summed E-state index contributed by atoms with van der Waals surface area (Å²) < 4.78 is 7.99. The summed E-state index contributed by atoms with van der Waals surface area (Å²) in [5, 5.41) is 8.13. The normalized spacial score (nSPS) is 24.8. The molecule has 0 spiro atoms. The second kappa shape index (κ2) is 7.06. The van der Waals surface area contributed by atoms with E-state index in [1.807, 2.05) is 6.20 Å². The van der Waals surface area contributed by atoms with Crippen molar-refractivity contribution in [2.45, 2.75) is 58.7 Å². The zero-order valence-electron chi connectivity index (χ0n) is 12.4. The lowest BCUT2D eigenvalue weighted by atomic mass is 9.89. The molecule has 1 aromatic heterocycles. The van der Waals surface area contributed by atoms with Gasteiger partial charge in [0.2, 0.25) is 0 Å². The lowest BCUT2D eigenvalue weighted by Crippen LogP contribution is -2.34. The minimum atomic E-state index is 0.370. The van der Waals surface area contributed by atoms with Crippen LogP contribution in [0.5, 0.6) is 0 Å². The van der Waals surface area contributed by atoms with Crippen molar-refractivity contribution in [3.8, 4) is 0 Å². The predicted octanol–water partition coefficient (Wildman–Crippen LogP) is 2.76. The van der Waals surface area contributed by atoms with Crippen molar-refractivity contribution < 1.29 is 4.74 Å². The van der Waals surface area contributed by atoms with Crippen LogP contribution in [0.4, 0.5) is 0 Å². The molecule has 0 bridgehead atoms. The van der Waals surface area contributed by atoms with Gasteiger partial charge in [-0.2, -0.15) is 5.10 Å². The number of hydrogen-bond acceptors (Lipinski definition) is 3. The summed E-state index contributed by atoms with van der Waals surface area (Å²) in [6.45, 7) is 9.45. The first-order chi connectivity index (χ1) is 9.31. The van der Waals surface area contributed by atoms with Gasteiger partial charge in [0, 0.05) is 25.3 Å². The number of hydrogen-bond donors (Lipinski definition) is 1. The van der Waals surface area contributed by atoms with Gasteiger partial charge in [-0.3, -0.25) is 4.68 Å². The first-order valence-corrected chi connectivity index (χ1v) is 7.68. The van der Waals surface area contributed by atoms with E-state index in [1.165, 1.54) is 5.69 Å². The molecule has 3 atom stereocenters. The minimum absolute atomic E-state index is 0.370. The number of rotatable bonds is 7. The molecule has 1 aliphatic rings. The van der Waals surface area contributed by atoms with Crippen molar-refractivity contribution in [3.05, 3.63) is 18.0 Å².